The number of rotatable bonds is 6. The van der Waals surface area contributed by atoms with Crippen LogP contribution < -0.4 is 10.2 Å². The summed E-state index contributed by atoms with van der Waals surface area (Å²) in [5, 5.41) is 3.10. The molecule has 1 N–H and O–H groups in total. The lowest BCUT2D eigenvalue weighted by Gasteiger charge is -2.22. The van der Waals surface area contributed by atoms with Crippen LogP contribution in [-0.4, -0.2) is 25.0 Å². The second-order valence-corrected chi connectivity index (χ2v) is 6.78. The van der Waals surface area contributed by atoms with Crippen molar-refractivity contribution in [3.63, 3.8) is 0 Å². The highest BCUT2D eigenvalue weighted by molar-refractivity contribution is 6.30. The summed E-state index contributed by atoms with van der Waals surface area (Å²) in [6.07, 6.45) is 0.356. The van der Waals surface area contributed by atoms with Gasteiger partial charge in [0.05, 0.1) is 13.2 Å². The fourth-order valence-corrected chi connectivity index (χ4v) is 2.87. The van der Waals surface area contributed by atoms with Gasteiger partial charge in [-0.1, -0.05) is 66.2 Å². The Morgan fingerprint density at radius 3 is 2.28 bits per heavy atom. The van der Waals surface area contributed by atoms with E-state index >= 15 is 0 Å². The average molecular weight is 409 g/mol. The Morgan fingerprint density at radius 2 is 1.69 bits per heavy atom. The molecular weight excluding hydrogens is 388 g/mol. The molecule has 0 spiro atoms. The SMILES string of the molecule is O=C(C1CO1)N(Cc1ccccc1)c1ccccc1.O=CNc1cccc(Cl)c1. The maximum Gasteiger partial charge on any atom is 0.258 e. The van der Waals surface area contributed by atoms with Gasteiger partial charge in [0.25, 0.3) is 5.91 Å². The number of anilines is 2. The van der Waals surface area contributed by atoms with Gasteiger partial charge >= 0.3 is 0 Å². The van der Waals surface area contributed by atoms with Crippen LogP contribution in [0, 0.1) is 0 Å². The van der Waals surface area contributed by atoms with E-state index in [1.165, 1.54) is 0 Å². The first-order chi connectivity index (χ1) is 14.2. The molecule has 0 saturated carbocycles. The van der Waals surface area contributed by atoms with Crippen LogP contribution in [0.15, 0.2) is 84.9 Å². The first kappa shape index (κ1) is 20.6. The minimum absolute atomic E-state index is 0.0371. The van der Waals surface area contributed by atoms with E-state index in [9.17, 15) is 9.59 Å². The lowest BCUT2D eigenvalue weighted by molar-refractivity contribution is -0.119. The fourth-order valence-electron chi connectivity index (χ4n) is 2.68. The Morgan fingerprint density at radius 1 is 1.03 bits per heavy atom. The fraction of sp³-hybridized carbons (Fsp3) is 0.130. The minimum atomic E-state index is -0.260. The van der Waals surface area contributed by atoms with Gasteiger partial charge in [-0.15, -0.1) is 0 Å². The number of hydrogen-bond donors (Lipinski definition) is 1. The molecule has 148 valence electrons. The first-order valence-electron chi connectivity index (χ1n) is 9.15. The van der Waals surface area contributed by atoms with Crippen LogP contribution in [0.3, 0.4) is 0 Å². The van der Waals surface area contributed by atoms with E-state index in [0.717, 1.165) is 11.3 Å². The van der Waals surface area contributed by atoms with Crippen LogP contribution in [0.1, 0.15) is 5.56 Å². The summed E-state index contributed by atoms with van der Waals surface area (Å²) in [4.78, 5) is 24.0. The predicted octanol–water partition coefficient (Wildman–Crippen LogP) is 4.53. The van der Waals surface area contributed by atoms with E-state index in [0.29, 0.717) is 30.3 Å². The van der Waals surface area contributed by atoms with Crippen molar-refractivity contribution in [3.05, 3.63) is 95.5 Å². The third kappa shape index (κ3) is 6.45. The molecule has 1 fully saturated rings. The van der Waals surface area contributed by atoms with Crippen LogP contribution in [0.25, 0.3) is 0 Å². The van der Waals surface area contributed by atoms with Gasteiger partial charge in [-0.2, -0.15) is 0 Å². The van der Waals surface area contributed by atoms with E-state index in [4.69, 9.17) is 16.3 Å². The Hall–Kier alpha value is -3.15. The molecule has 0 radical (unpaired) electrons. The van der Waals surface area contributed by atoms with Crippen molar-refractivity contribution in [2.24, 2.45) is 0 Å². The number of carbonyl (C=O) groups is 2. The van der Waals surface area contributed by atoms with Crippen molar-refractivity contribution in [2.45, 2.75) is 12.6 Å². The molecule has 29 heavy (non-hydrogen) atoms. The number of nitrogens with zero attached hydrogens (tertiary/aromatic N) is 1. The van der Waals surface area contributed by atoms with Gasteiger partial charge in [-0.3, -0.25) is 9.59 Å². The summed E-state index contributed by atoms with van der Waals surface area (Å²) < 4.78 is 5.12. The molecule has 0 aromatic heterocycles. The Labute approximate surface area is 174 Å². The Bertz CT molecular complexity index is 931. The zero-order valence-corrected chi connectivity index (χ0v) is 16.5. The van der Waals surface area contributed by atoms with Crippen molar-refractivity contribution >= 4 is 35.3 Å². The van der Waals surface area contributed by atoms with Crippen LogP contribution in [0.4, 0.5) is 11.4 Å². The molecule has 4 rings (SSSR count). The molecule has 0 aliphatic carbocycles. The number of hydrogen-bond acceptors (Lipinski definition) is 3. The highest BCUT2D eigenvalue weighted by Gasteiger charge is 2.35. The summed E-state index contributed by atoms with van der Waals surface area (Å²) in [6.45, 7) is 1.11. The molecule has 3 aromatic carbocycles. The van der Waals surface area contributed by atoms with Crippen molar-refractivity contribution in [1.82, 2.24) is 0 Å². The number of ether oxygens (including phenoxy) is 1. The van der Waals surface area contributed by atoms with Gasteiger partial charge in [0.2, 0.25) is 6.41 Å². The zero-order valence-electron chi connectivity index (χ0n) is 15.7. The Balaban J connectivity index is 0.000000204. The molecular formula is C23H21ClN2O3. The monoisotopic (exact) mass is 408 g/mol. The van der Waals surface area contributed by atoms with Crippen molar-refractivity contribution in [1.29, 1.82) is 0 Å². The lowest BCUT2D eigenvalue weighted by atomic mass is 10.2. The molecule has 1 saturated heterocycles. The third-order valence-corrected chi connectivity index (χ3v) is 4.41. The molecule has 3 aromatic rings. The molecule has 2 amide bonds. The van der Waals surface area contributed by atoms with E-state index in [1.807, 2.05) is 60.7 Å². The summed E-state index contributed by atoms with van der Waals surface area (Å²) in [7, 11) is 0. The largest absolute Gasteiger partial charge is 0.363 e. The van der Waals surface area contributed by atoms with Crippen molar-refractivity contribution < 1.29 is 14.3 Å². The van der Waals surface area contributed by atoms with Crippen molar-refractivity contribution in [2.75, 3.05) is 16.8 Å². The number of para-hydroxylation sites is 1. The van der Waals surface area contributed by atoms with Crippen LogP contribution in [0.5, 0.6) is 0 Å². The number of epoxide rings is 1. The summed E-state index contributed by atoms with van der Waals surface area (Å²) in [5.41, 5.74) is 2.73. The average Bonchev–Trinajstić information content (AvgIpc) is 3.59. The molecule has 1 unspecified atom stereocenters. The highest BCUT2D eigenvalue weighted by atomic mass is 35.5. The molecule has 1 atom stereocenters. The normalized spacial score (nSPS) is 14.2. The second kappa shape index (κ2) is 10.4. The van der Waals surface area contributed by atoms with E-state index < -0.39 is 0 Å². The van der Waals surface area contributed by atoms with Crippen LogP contribution in [-0.2, 0) is 20.9 Å². The van der Waals surface area contributed by atoms with Crippen molar-refractivity contribution in [3.8, 4) is 0 Å². The highest BCUT2D eigenvalue weighted by Crippen LogP contribution is 2.22. The third-order valence-electron chi connectivity index (χ3n) is 4.18. The number of halogens is 1. The number of benzene rings is 3. The van der Waals surface area contributed by atoms with Gasteiger partial charge in [-0.25, -0.2) is 0 Å². The summed E-state index contributed by atoms with van der Waals surface area (Å²) >= 11 is 5.62. The predicted molar refractivity (Wildman–Crippen MR) is 115 cm³/mol. The molecule has 1 heterocycles. The van der Waals surface area contributed by atoms with Gasteiger partial charge in [0.15, 0.2) is 6.10 Å². The van der Waals surface area contributed by atoms with Gasteiger partial charge in [-0.05, 0) is 35.9 Å². The smallest absolute Gasteiger partial charge is 0.258 e. The van der Waals surface area contributed by atoms with Gasteiger partial charge in [0, 0.05) is 16.4 Å². The van der Waals surface area contributed by atoms with Gasteiger partial charge in [0.1, 0.15) is 0 Å². The van der Waals surface area contributed by atoms with E-state index in [1.54, 1.807) is 29.2 Å². The topological polar surface area (TPSA) is 61.9 Å². The van der Waals surface area contributed by atoms with E-state index in [2.05, 4.69) is 5.32 Å². The maximum atomic E-state index is 12.3. The maximum absolute atomic E-state index is 12.3. The quantitative estimate of drug-likeness (QED) is 0.481. The molecule has 6 heteroatoms. The van der Waals surface area contributed by atoms with Crippen LogP contribution >= 0.6 is 11.6 Å². The van der Waals surface area contributed by atoms with Crippen LogP contribution in [0.2, 0.25) is 5.02 Å². The molecule has 0 bridgehead atoms. The lowest BCUT2D eigenvalue weighted by Crippen LogP contribution is -2.34. The standard InChI is InChI=1S/C16H15NO2.C7H6ClNO/c18-16(15-12-19-15)17(14-9-5-2-6-10-14)11-13-7-3-1-4-8-13;8-6-2-1-3-7(4-6)9-5-10/h1-10,15H,11-12H2;1-5H,(H,9,10). The summed E-state index contributed by atoms with van der Waals surface area (Å²) in [5.74, 6) is 0.0371. The zero-order chi connectivity index (χ0) is 20.5. The number of amides is 2. The molecule has 5 nitrogen and oxygen atoms in total. The van der Waals surface area contributed by atoms with E-state index in [-0.39, 0.29) is 12.0 Å². The molecule has 1 aliphatic heterocycles. The molecule has 1 aliphatic rings. The number of carbonyl (C=O) groups excluding carboxylic acids is 2. The van der Waals surface area contributed by atoms with Gasteiger partial charge < -0.3 is 15.0 Å². The Kier molecular flexibility index (Phi) is 7.39. The minimum Gasteiger partial charge on any atom is -0.363 e. The second-order valence-electron chi connectivity index (χ2n) is 6.34. The first-order valence-corrected chi connectivity index (χ1v) is 9.53. The summed E-state index contributed by atoms with van der Waals surface area (Å²) in [6, 6.07) is 26.7. The number of nitrogens with one attached hydrogen (secondary N) is 1.